The molecule has 0 radical (unpaired) electrons. The van der Waals surface area contributed by atoms with Crippen LogP contribution in [0.4, 0.5) is 5.69 Å². The molecular formula is C14H21N2O4+. The van der Waals surface area contributed by atoms with Crippen molar-refractivity contribution in [2.45, 2.75) is 0 Å². The average Bonchev–Trinajstić information content (AvgIpc) is 2.48. The topological polar surface area (TPSA) is 61.2 Å². The minimum absolute atomic E-state index is 0.0338. The van der Waals surface area contributed by atoms with E-state index in [2.05, 4.69) is 5.32 Å². The van der Waals surface area contributed by atoms with Gasteiger partial charge in [0.15, 0.2) is 6.54 Å². The molecule has 6 nitrogen and oxygen atoms in total. The first-order chi connectivity index (χ1) is 9.72. The van der Waals surface area contributed by atoms with Crippen LogP contribution in [0.2, 0.25) is 0 Å². The van der Waals surface area contributed by atoms with Gasteiger partial charge in [0.2, 0.25) is 0 Å². The SMILES string of the molecule is COc1ccc(OC)c(NC(=O)C[NH+]2CCOCC2)c1. The number of rotatable bonds is 5. The van der Waals surface area contributed by atoms with Crippen molar-refractivity contribution in [3.63, 3.8) is 0 Å². The van der Waals surface area contributed by atoms with Gasteiger partial charge in [-0.3, -0.25) is 4.79 Å². The van der Waals surface area contributed by atoms with Gasteiger partial charge in [-0.15, -0.1) is 0 Å². The fourth-order valence-corrected chi connectivity index (χ4v) is 2.17. The van der Waals surface area contributed by atoms with Crippen LogP contribution in [-0.2, 0) is 9.53 Å². The first-order valence-corrected chi connectivity index (χ1v) is 6.66. The number of carbonyl (C=O) groups excluding carboxylic acids is 1. The number of amides is 1. The van der Waals surface area contributed by atoms with Crippen LogP contribution in [-0.4, -0.2) is 53.0 Å². The van der Waals surface area contributed by atoms with E-state index in [0.29, 0.717) is 36.9 Å². The van der Waals surface area contributed by atoms with E-state index in [0.717, 1.165) is 13.1 Å². The van der Waals surface area contributed by atoms with Crippen LogP contribution in [0.15, 0.2) is 18.2 Å². The second-order valence-corrected chi connectivity index (χ2v) is 4.65. The maximum Gasteiger partial charge on any atom is 0.279 e. The Hall–Kier alpha value is -1.79. The Morgan fingerprint density at radius 1 is 1.30 bits per heavy atom. The summed E-state index contributed by atoms with van der Waals surface area (Å²) in [5.74, 6) is 1.27. The third kappa shape index (κ3) is 3.85. The molecule has 1 aromatic rings. The number of nitrogens with one attached hydrogen (secondary N) is 2. The Labute approximate surface area is 118 Å². The molecule has 0 atom stereocenters. The number of ether oxygens (including phenoxy) is 3. The van der Waals surface area contributed by atoms with Gasteiger partial charge < -0.3 is 24.4 Å². The Morgan fingerprint density at radius 2 is 2.05 bits per heavy atom. The largest absolute Gasteiger partial charge is 0.497 e. The molecule has 1 fully saturated rings. The van der Waals surface area contributed by atoms with Crippen molar-refractivity contribution in [1.82, 2.24) is 0 Å². The van der Waals surface area contributed by atoms with Gasteiger partial charge in [-0.1, -0.05) is 0 Å². The van der Waals surface area contributed by atoms with Gasteiger partial charge in [0.05, 0.1) is 33.1 Å². The van der Waals surface area contributed by atoms with Gasteiger partial charge in [0.25, 0.3) is 5.91 Å². The lowest BCUT2D eigenvalue weighted by Gasteiger charge is -2.23. The third-order valence-electron chi connectivity index (χ3n) is 3.29. The number of hydrogen-bond donors (Lipinski definition) is 2. The molecule has 0 aromatic heterocycles. The highest BCUT2D eigenvalue weighted by Gasteiger charge is 2.18. The zero-order chi connectivity index (χ0) is 14.4. The lowest BCUT2D eigenvalue weighted by molar-refractivity contribution is -0.899. The molecule has 110 valence electrons. The van der Waals surface area contributed by atoms with Crippen LogP contribution in [0.5, 0.6) is 11.5 Å². The van der Waals surface area contributed by atoms with Crippen LogP contribution < -0.4 is 19.7 Å². The highest BCUT2D eigenvalue weighted by Crippen LogP contribution is 2.28. The molecular weight excluding hydrogens is 260 g/mol. The summed E-state index contributed by atoms with van der Waals surface area (Å²) in [6.45, 7) is 3.59. The molecule has 1 aliphatic heterocycles. The second-order valence-electron chi connectivity index (χ2n) is 4.65. The fourth-order valence-electron chi connectivity index (χ4n) is 2.17. The number of quaternary nitrogens is 1. The van der Waals surface area contributed by atoms with Gasteiger partial charge in [0, 0.05) is 6.07 Å². The number of methoxy groups -OCH3 is 2. The molecule has 1 saturated heterocycles. The fraction of sp³-hybridized carbons (Fsp3) is 0.500. The van der Waals surface area contributed by atoms with Gasteiger partial charge in [0.1, 0.15) is 24.6 Å². The molecule has 6 heteroatoms. The monoisotopic (exact) mass is 281 g/mol. The van der Waals surface area contributed by atoms with Crippen molar-refractivity contribution in [1.29, 1.82) is 0 Å². The summed E-state index contributed by atoms with van der Waals surface area (Å²) < 4.78 is 15.7. The second kappa shape index (κ2) is 7.12. The number of hydrogen-bond acceptors (Lipinski definition) is 4. The first-order valence-electron chi connectivity index (χ1n) is 6.66. The predicted molar refractivity (Wildman–Crippen MR) is 74.6 cm³/mol. The lowest BCUT2D eigenvalue weighted by Crippen LogP contribution is -3.15. The predicted octanol–water partition coefficient (Wildman–Crippen LogP) is -0.443. The number of anilines is 1. The highest BCUT2D eigenvalue weighted by atomic mass is 16.5. The van der Waals surface area contributed by atoms with Crippen LogP contribution in [0.3, 0.4) is 0 Å². The van der Waals surface area contributed by atoms with E-state index in [1.807, 2.05) is 0 Å². The van der Waals surface area contributed by atoms with Crippen molar-refractivity contribution in [2.24, 2.45) is 0 Å². The van der Waals surface area contributed by atoms with Crippen molar-refractivity contribution in [3.8, 4) is 11.5 Å². The molecule has 2 rings (SSSR count). The summed E-state index contributed by atoms with van der Waals surface area (Å²) in [6.07, 6.45) is 0. The van der Waals surface area contributed by atoms with E-state index in [1.54, 1.807) is 32.4 Å². The van der Waals surface area contributed by atoms with Gasteiger partial charge in [-0.25, -0.2) is 0 Å². The summed E-state index contributed by atoms with van der Waals surface area (Å²) in [5.41, 5.74) is 0.629. The minimum Gasteiger partial charge on any atom is -0.497 e. The van der Waals surface area contributed by atoms with Crippen molar-refractivity contribution < 1.29 is 23.9 Å². The van der Waals surface area contributed by atoms with E-state index >= 15 is 0 Å². The van der Waals surface area contributed by atoms with E-state index in [-0.39, 0.29) is 5.91 Å². The van der Waals surface area contributed by atoms with Crippen molar-refractivity contribution in [2.75, 3.05) is 52.4 Å². The average molecular weight is 281 g/mol. The molecule has 0 spiro atoms. The molecule has 0 unspecified atom stereocenters. The molecule has 20 heavy (non-hydrogen) atoms. The molecule has 0 aliphatic carbocycles. The van der Waals surface area contributed by atoms with E-state index < -0.39 is 0 Å². The Balaban J connectivity index is 1.98. The maximum atomic E-state index is 12.1. The Morgan fingerprint density at radius 3 is 2.70 bits per heavy atom. The Kier molecular flexibility index (Phi) is 5.20. The first kappa shape index (κ1) is 14.6. The number of benzene rings is 1. The molecule has 1 aromatic carbocycles. The van der Waals surface area contributed by atoms with Crippen molar-refractivity contribution in [3.05, 3.63) is 18.2 Å². The normalized spacial score (nSPS) is 15.7. The molecule has 2 N–H and O–H groups in total. The zero-order valence-corrected chi connectivity index (χ0v) is 11.9. The van der Waals surface area contributed by atoms with Gasteiger partial charge >= 0.3 is 0 Å². The van der Waals surface area contributed by atoms with Crippen LogP contribution >= 0.6 is 0 Å². The number of carbonyl (C=O) groups is 1. The summed E-state index contributed by atoms with van der Waals surface area (Å²) in [5, 5.41) is 2.88. The van der Waals surface area contributed by atoms with Gasteiger partial charge in [-0.2, -0.15) is 0 Å². The van der Waals surface area contributed by atoms with Crippen LogP contribution in [0, 0.1) is 0 Å². The summed E-state index contributed by atoms with van der Waals surface area (Å²) >= 11 is 0. The minimum atomic E-state index is -0.0338. The molecule has 1 heterocycles. The third-order valence-corrected chi connectivity index (χ3v) is 3.29. The molecule has 1 aliphatic rings. The van der Waals surface area contributed by atoms with Crippen molar-refractivity contribution >= 4 is 11.6 Å². The summed E-state index contributed by atoms with van der Waals surface area (Å²) in [4.78, 5) is 13.3. The van der Waals surface area contributed by atoms with E-state index in [9.17, 15) is 4.79 Å². The van der Waals surface area contributed by atoms with E-state index in [1.165, 1.54) is 4.90 Å². The quantitative estimate of drug-likeness (QED) is 0.768. The summed E-state index contributed by atoms with van der Waals surface area (Å²) in [6, 6.07) is 5.32. The molecule has 0 bridgehead atoms. The number of morpholine rings is 1. The lowest BCUT2D eigenvalue weighted by atomic mass is 10.2. The standard InChI is InChI=1S/C14H20N2O4/c1-18-11-3-4-13(19-2)12(9-11)15-14(17)10-16-5-7-20-8-6-16/h3-4,9H,5-8,10H2,1-2H3,(H,15,17)/p+1. The van der Waals surface area contributed by atoms with Gasteiger partial charge in [-0.05, 0) is 12.1 Å². The smallest absolute Gasteiger partial charge is 0.279 e. The van der Waals surface area contributed by atoms with Crippen LogP contribution in [0.25, 0.3) is 0 Å². The highest BCUT2D eigenvalue weighted by molar-refractivity contribution is 5.93. The van der Waals surface area contributed by atoms with E-state index in [4.69, 9.17) is 14.2 Å². The van der Waals surface area contributed by atoms with Crippen LogP contribution in [0.1, 0.15) is 0 Å². The Bertz CT molecular complexity index is 458. The summed E-state index contributed by atoms with van der Waals surface area (Å²) in [7, 11) is 3.16. The molecule has 1 amide bonds. The maximum absolute atomic E-state index is 12.1. The zero-order valence-electron chi connectivity index (χ0n) is 11.9. The molecule has 0 saturated carbocycles.